The van der Waals surface area contributed by atoms with Gasteiger partial charge >= 0.3 is 0 Å². The van der Waals surface area contributed by atoms with Gasteiger partial charge in [-0.1, -0.05) is 43.1 Å². The van der Waals surface area contributed by atoms with Crippen molar-refractivity contribution in [2.75, 3.05) is 11.1 Å². The summed E-state index contributed by atoms with van der Waals surface area (Å²) in [5, 5.41) is 15.6. The van der Waals surface area contributed by atoms with Gasteiger partial charge in [-0.25, -0.2) is 0 Å². The number of amides is 2. The lowest BCUT2D eigenvalue weighted by Crippen LogP contribution is -2.41. The predicted octanol–water partition coefficient (Wildman–Crippen LogP) is 3.92. The summed E-state index contributed by atoms with van der Waals surface area (Å²) >= 11 is 7.22. The molecule has 0 aliphatic heterocycles. The van der Waals surface area contributed by atoms with Gasteiger partial charge in [0.15, 0.2) is 5.16 Å². The molecule has 1 heterocycles. The fourth-order valence-corrected chi connectivity index (χ4v) is 4.62. The van der Waals surface area contributed by atoms with Crippen LogP contribution < -0.4 is 10.6 Å². The Balaban J connectivity index is 1.53. The number of benzene rings is 1. The molecule has 1 fully saturated rings. The molecule has 2 N–H and O–H groups in total. The van der Waals surface area contributed by atoms with Crippen molar-refractivity contribution < 1.29 is 9.59 Å². The van der Waals surface area contributed by atoms with Crippen LogP contribution in [0.15, 0.2) is 29.4 Å². The first-order chi connectivity index (χ1) is 14.5. The zero-order chi connectivity index (χ0) is 21.5. The lowest BCUT2D eigenvalue weighted by atomic mass is 9.86. The molecular weight excluding hydrogens is 422 g/mol. The zero-order valence-electron chi connectivity index (χ0n) is 17.4. The second kappa shape index (κ2) is 10.8. The van der Waals surface area contributed by atoms with Gasteiger partial charge in [-0.15, -0.1) is 10.2 Å². The van der Waals surface area contributed by atoms with Crippen LogP contribution in [0.4, 0.5) is 5.69 Å². The van der Waals surface area contributed by atoms with Crippen molar-refractivity contribution >= 4 is 40.9 Å². The third kappa shape index (κ3) is 6.22. The van der Waals surface area contributed by atoms with Gasteiger partial charge in [-0.05, 0) is 49.9 Å². The van der Waals surface area contributed by atoms with Crippen molar-refractivity contribution in [1.29, 1.82) is 0 Å². The Morgan fingerprint density at radius 2 is 1.90 bits per heavy atom. The molecule has 2 aromatic rings. The number of carbonyl (C=O) groups is 2. The molecule has 2 atom stereocenters. The van der Waals surface area contributed by atoms with Crippen LogP contribution in [0, 0.1) is 5.92 Å². The van der Waals surface area contributed by atoms with Crippen molar-refractivity contribution in [2.24, 2.45) is 5.92 Å². The minimum absolute atomic E-state index is 0.0198. The summed E-state index contributed by atoms with van der Waals surface area (Å²) in [6.07, 6.45) is 4.75. The van der Waals surface area contributed by atoms with E-state index in [0.717, 1.165) is 6.42 Å². The van der Waals surface area contributed by atoms with E-state index in [1.165, 1.54) is 31.0 Å². The highest BCUT2D eigenvalue weighted by Gasteiger charge is 2.23. The lowest BCUT2D eigenvalue weighted by molar-refractivity contribution is -0.120. The zero-order valence-corrected chi connectivity index (χ0v) is 18.9. The summed E-state index contributed by atoms with van der Waals surface area (Å²) in [7, 11) is 0. The standard InChI is InChI=1S/C21H28ClN5O2S/c1-3-27-18(12-19(28)23-16-10-8-15(22)9-11-16)25-26-21(27)30-13-20(29)24-17-7-5-4-6-14(17)2/h8-11,14,17H,3-7,12-13H2,1-2H3,(H,23,28)(H,24,29). The number of carbonyl (C=O) groups excluding carboxylic acids is 2. The summed E-state index contributed by atoms with van der Waals surface area (Å²) in [5.74, 6) is 1.23. The van der Waals surface area contributed by atoms with Gasteiger partial charge in [0.25, 0.3) is 0 Å². The molecule has 9 heteroatoms. The first kappa shape index (κ1) is 22.6. The molecular formula is C21H28ClN5O2S. The van der Waals surface area contributed by atoms with E-state index >= 15 is 0 Å². The Morgan fingerprint density at radius 1 is 1.17 bits per heavy atom. The van der Waals surface area contributed by atoms with Crippen molar-refractivity contribution in [3.05, 3.63) is 35.1 Å². The van der Waals surface area contributed by atoms with Gasteiger partial charge in [0, 0.05) is 23.3 Å². The molecule has 1 aliphatic rings. The van der Waals surface area contributed by atoms with E-state index in [4.69, 9.17) is 11.6 Å². The average Bonchev–Trinajstić information content (AvgIpc) is 3.11. The predicted molar refractivity (Wildman–Crippen MR) is 120 cm³/mol. The van der Waals surface area contributed by atoms with Crippen LogP contribution in [0.5, 0.6) is 0 Å². The number of anilines is 1. The Kier molecular flexibility index (Phi) is 8.16. The molecule has 0 spiro atoms. The summed E-state index contributed by atoms with van der Waals surface area (Å²) in [6, 6.07) is 7.21. The Labute approximate surface area is 186 Å². The van der Waals surface area contributed by atoms with E-state index in [2.05, 4.69) is 27.8 Å². The maximum absolute atomic E-state index is 12.4. The van der Waals surface area contributed by atoms with Crippen LogP contribution in [0.1, 0.15) is 45.4 Å². The molecule has 1 aliphatic carbocycles. The van der Waals surface area contributed by atoms with E-state index in [1.54, 1.807) is 24.3 Å². The number of thioether (sulfide) groups is 1. The second-order valence-corrected chi connectivity index (χ2v) is 8.98. The molecule has 0 bridgehead atoms. The largest absolute Gasteiger partial charge is 0.352 e. The molecule has 2 unspecified atom stereocenters. The highest BCUT2D eigenvalue weighted by Crippen LogP contribution is 2.24. The highest BCUT2D eigenvalue weighted by molar-refractivity contribution is 7.99. The van der Waals surface area contributed by atoms with E-state index in [9.17, 15) is 9.59 Å². The van der Waals surface area contributed by atoms with Gasteiger partial charge in [0.2, 0.25) is 11.8 Å². The number of hydrogen-bond acceptors (Lipinski definition) is 5. The topological polar surface area (TPSA) is 88.9 Å². The molecule has 3 rings (SSSR count). The lowest BCUT2D eigenvalue weighted by Gasteiger charge is -2.29. The van der Waals surface area contributed by atoms with Gasteiger partial charge in [-0.3, -0.25) is 9.59 Å². The highest BCUT2D eigenvalue weighted by atomic mass is 35.5. The normalized spacial score (nSPS) is 18.8. The van der Waals surface area contributed by atoms with Crippen LogP contribution in [0.2, 0.25) is 5.02 Å². The molecule has 0 radical (unpaired) electrons. The second-order valence-electron chi connectivity index (χ2n) is 7.60. The maximum atomic E-state index is 12.4. The number of rotatable bonds is 8. The summed E-state index contributed by atoms with van der Waals surface area (Å²) in [6.45, 7) is 4.80. The number of hydrogen-bond donors (Lipinski definition) is 2. The van der Waals surface area contributed by atoms with Crippen LogP contribution in [-0.2, 0) is 22.6 Å². The van der Waals surface area contributed by atoms with E-state index < -0.39 is 0 Å². The smallest absolute Gasteiger partial charge is 0.232 e. The number of aromatic nitrogens is 3. The minimum Gasteiger partial charge on any atom is -0.352 e. The van der Waals surface area contributed by atoms with Crippen molar-refractivity contribution in [3.8, 4) is 0 Å². The Bertz CT molecular complexity index is 871. The van der Waals surface area contributed by atoms with Crippen LogP contribution >= 0.6 is 23.4 Å². The van der Waals surface area contributed by atoms with E-state index in [1.807, 2.05) is 11.5 Å². The Morgan fingerprint density at radius 3 is 2.60 bits per heavy atom. The van der Waals surface area contributed by atoms with Crippen molar-refractivity contribution in [1.82, 2.24) is 20.1 Å². The first-order valence-corrected chi connectivity index (χ1v) is 11.7. The molecule has 7 nitrogen and oxygen atoms in total. The van der Waals surface area contributed by atoms with Gasteiger partial charge in [0.05, 0.1) is 12.2 Å². The van der Waals surface area contributed by atoms with Gasteiger partial charge < -0.3 is 15.2 Å². The average molecular weight is 450 g/mol. The van der Waals surface area contributed by atoms with Gasteiger partial charge in [-0.2, -0.15) is 0 Å². The molecule has 2 amide bonds. The fraction of sp³-hybridized carbons (Fsp3) is 0.524. The number of nitrogens with one attached hydrogen (secondary N) is 2. The molecule has 0 saturated heterocycles. The van der Waals surface area contributed by atoms with Crippen molar-refractivity contribution in [2.45, 2.75) is 63.7 Å². The first-order valence-electron chi connectivity index (χ1n) is 10.4. The third-order valence-corrected chi connectivity index (χ3v) is 6.57. The fourth-order valence-electron chi connectivity index (χ4n) is 3.67. The van der Waals surface area contributed by atoms with E-state index in [0.29, 0.717) is 39.9 Å². The number of nitrogens with zero attached hydrogens (tertiary/aromatic N) is 3. The molecule has 1 aromatic heterocycles. The van der Waals surface area contributed by atoms with Crippen LogP contribution in [-0.4, -0.2) is 38.4 Å². The van der Waals surface area contributed by atoms with Crippen molar-refractivity contribution in [3.63, 3.8) is 0 Å². The Hall–Kier alpha value is -2.06. The van der Waals surface area contributed by atoms with E-state index in [-0.39, 0.29) is 24.3 Å². The monoisotopic (exact) mass is 449 g/mol. The molecule has 1 aromatic carbocycles. The molecule has 1 saturated carbocycles. The minimum atomic E-state index is -0.181. The van der Waals surface area contributed by atoms with Crippen LogP contribution in [0.25, 0.3) is 0 Å². The SMILES string of the molecule is CCn1c(CC(=O)Nc2ccc(Cl)cc2)nnc1SCC(=O)NC1CCCCC1C. The van der Waals surface area contributed by atoms with Gasteiger partial charge in [0.1, 0.15) is 5.82 Å². The summed E-state index contributed by atoms with van der Waals surface area (Å²) in [4.78, 5) is 24.7. The molecule has 30 heavy (non-hydrogen) atoms. The van der Waals surface area contributed by atoms with Crippen LogP contribution in [0.3, 0.4) is 0 Å². The quantitative estimate of drug-likeness (QED) is 0.596. The summed E-state index contributed by atoms with van der Waals surface area (Å²) in [5.41, 5.74) is 0.676. The third-order valence-electron chi connectivity index (χ3n) is 5.35. The summed E-state index contributed by atoms with van der Waals surface area (Å²) < 4.78 is 1.88. The molecule has 162 valence electrons. The maximum Gasteiger partial charge on any atom is 0.232 e. The number of halogens is 1.